The average molecular weight is 376 g/mol. The molecule has 0 saturated carbocycles. The zero-order chi connectivity index (χ0) is 15.5. The number of ether oxygens (including phenoxy) is 1. The molecule has 1 saturated heterocycles. The summed E-state index contributed by atoms with van der Waals surface area (Å²) in [5, 5.41) is 0. The maximum Gasteiger partial charge on any atom is 0.240 e. The molecule has 118 valence electrons. The Labute approximate surface area is 135 Å². The molecule has 1 aliphatic rings. The number of hydrogen-bond acceptors (Lipinski definition) is 3. The average Bonchev–Trinajstić information content (AvgIpc) is 2.47. The highest BCUT2D eigenvalue weighted by atomic mass is 79.9. The second kappa shape index (κ2) is 6.77. The number of sulfonamides is 1. The van der Waals surface area contributed by atoms with Crippen LogP contribution in [0.2, 0.25) is 0 Å². The minimum atomic E-state index is -3.48. The Hall–Kier alpha value is -0.430. The molecule has 1 N–H and O–H groups in total. The Morgan fingerprint density at radius 2 is 2.10 bits per heavy atom. The molecule has 1 unspecified atom stereocenters. The predicted octanol–water partition coefficient (Wildman–Crippen LogP) is 3.47. The third kappa shape index (κ3) is 4.06. The lowest BCUT2D eigenvalue weighted by atomic mass is 9.86. The van der Waals surface area contributed by atoms with Gasteiger partial charge in [0.1, 0.15) is 0 Å². The van der Waals surface area contributed by atoms with Gasteiger partial charge in [-0.25, -0.2) is 13.1 Å². The second-order valence-electron chi connectivity index (χ2n) is 5.51. The summed E-state index contributed by atoms with van der Waals surface area (Å²) in [6, 6.07) is 6.70. The molecule has 0 amide bonds. The lowest BCUT2D eigenvalue weighted by Crippen LogP contribution is -2.48. The van der Waals surface area contributed by atoms with Crippen molar-refractivity contribution in [1.82, 2.24) is 4.72 Å². The van der Waals surface area contributed by atoms with Crippen LogP contribution in [0.3, 0.4) is 0 Å². The quantitative estimate of drug-likeness (QED) is 0.856. The van der Waals surface area contributed by atoms with Gasteiger partial charge in [0.05, 0.1) is 10.5 Å². The summed E-state index contributed by atoms with van der Waals surface area (Å²) >= 11 is 3.31. The van der Waals surface area contributed by atoms with Crippen molar-refractivity contribution >= 4 is 26.0 Å². The van der Waals surface area contributed by atoms with E-state index in [0.717, 1.165) is 30.2 Å². The van der Waals surface area contributed by atoms with Crippen molar-refractivity contribution in [2.24, 2.45) is 0 Å². The van der Waals surface area contributed by atoms with E-state index in [1.54, 1.807) is 18.2 Å². The predicted molar refractivity (Wildman–Crippen MR) is 86.8 cm³/mol. The Balaban J connectivity index is 2.13. The van der Waals surface area contributed by atoms with Crippen LogP contribution in [0, 0.1) is 0 Å². The second-order valence-corrected chi connectivity index (χ2v) is 8.14. The molecule has 1 atom stereocenters. The van der Waals surface area contributed by atoms with Crippen LogP contribution in [0.25, 0.3) is 0 Å². The van der Waals surface area contributed by atoms with Crippen LogP contribution >= 0.6 is 15.9 Å². The molecule has 0 spiro atoms. The Morgan fingerprint density at radius 1 is 1.38 bits per heavy atom. The maximum absolute atomic E-state index is 12.5. The van der Waals surface area contributed by atoms with Crippen LogP contribution in [0.5, 0.6) is 0 Å². The van der Waals surface area contributed by atoms with E-state index >= 15 is 0 Å². The lowest BCUT2D eigenvalue weighted by Gasteiger charge is -2.40. The summed E-state index contributed by atoms with van der Waals surface area (Å²) in [4.78, 5) is 0.293. The minimum Gasteiger partial charge on any atom is -0.375 e. The molecule has 0 bridgehead atoms. The SMILES string of the molecule is CCC1(CC)CC(NS(=O)(=O)c2cccc(Br)c2)CCO1. The first-order chi connectivity index (χ1) is 9.91. The van der Waals surface area contributed by atoms with E-state index < -0.39 is 10.0 Å². The third-order valence-electron chi connectivity index (χ3n) is 4.21. The van der Waals surface area contributed by atoms with Crippen molar-refractivity contribution in [3.63, 3.8) is 0 Å². The molecule has 2 rings (SSSR count). The van der Waals surface area contributed by atoms with E-state index in [1.165, 1.54) is 0 Å². The highest BCUT2D eigenvalue weighted by molar-refractivity contribution is 9.10. The van der Waals surface area contributed by atoms with Gasteiger partial charge in [0, 0.05) is 17.1 Å². The van der Waals surface area contributed by atoms with E-state index in [2.05, 4.69) is 34.5 Å². The van der Waals surface area contributed by atoms with Crippen LogP contribution in [0.4, 0.5) is 0 Å². The summed E-state index contributed by atoms with van der Waals surface area (Å²) in [7, 11) is -3.48. The van der Waals surface area contributed by atoms with Gasteiger partial charge < -0.3 is 4.74 Å². The number of hydrogen-bond donors (Lipinski definition) is 1. The number of benzene rings is 1. The van der Waals surface area contributed by atoms with Gasteiger partial charge >= 0.3 is 0 Å². The van der Waals surface area contributed by atoms with E-state index in [1.807, 2.05) is 6.07 Å². The van der Waals surface area contributed by atoms with E-state index in [9.17, 15) is 8.42 Å². The van der Waals surface area contributed by atoms with Crippen molar-refractivity contribution in [3.8, 4) is 0 Å². The standard InChI is InChI=1S/C15H22BrNO3S/c1-3-15(4-2)11-13(8-9-20-15)17-21(18,19)14-7-5-6-12(16)10-14/h5-7,10,13,17H,3-4,8-9,11H2,1-2H3. The fourth-order valence-corrected chi connectivity index (χ4v) is 4.66. The first-order valence-corrected chi connectivity index (χ1v) is 9.60. The smallest absolute Gasteiger partial charge is 0.240 e. The van der Waals surface area contributed by atoms with Gasteiger partial charge in [-0.05, 0) is 43.9 Å². The van der Waals surface area contributed by atoms with Crippen molar-refractivity contribution in [2.45, 2.75) is 56.1 Å². The zero-order valence-corrected chi connectivity index (χ0v) is 14.8. The van der Waals surface area contributed by atoms with Crippen molar-refractivity contribution in [3.05, 3.63) is 28.7 Å². The molecule has 1 heterocycles. The van der Waals surface area contributed by atoms with E-state index in [4.69, 9.17) is 4.74 Å². The minimum absolute atomic E-state index is 0.0670. The van der Waals surface area contributed by atoms with Crippen LogP contribution in [-0.4, -0.2) is 26.7 Å². The monoisotopic (exact) mass is 375 g/mol. The van der Waals surface area contributed by atoms with Gasteiger partial charge in [0.2, 0.25) is 10.0 Å². The molecule has 6 heteroatoms. The first kappa shape index (κ1) is 16.9. The van der Waals surface area contributed by atoms with Crippen LogP contribution < -0.4 is 4.72 Å². The molecular weight excluding hydrogens is 354 g/mol. The first-order valence-electron chi connectivity index (χ1n) is 7.32. The number of halogens is 1. The van der Waals surface area contributed by atoms with Gasteiger partial charge in [0.15, 0.2) is 0 Å². The van der Waals surface area contributed by atoms with Gasteiger partial charge in [-0.15, -0.1) is 0 Å². The van der Waals surface area contributed by atoms with E-state index in [-0.39, 0.29) is 11.6 Å². The molecule has 1 aromatic carbocycles. The fraction of sp³-hybridized carbons (Fsp3) is 0.600. The number of rotatable bonds is 5. The molecular formula is C15H22BrNO3S. The highest BCUT2D eigenvalue weighted by Crippen LogP contribution is 2.32. The Kier molecular flexibility index (Phi) is 5.46. The summed E-state index contributed by atoms with van der Waals surface area (Å²) < 4.78 is 34.4. The van der Waals surface area contributed by atoms with Gasteiger partial charge in [-0.1, -0.05) is 35.8 Å². The van der Waals surface area contributed by atoms with Crippen LogP contribution in [-0.2, 0) is 14.8 Å². The molecule has 0 aromatic heterocycles. The lowest BCUT2D eigenvalue weighted by molar-refractivity contribution is -0.0905. The third-order valence-corrected chi connectivity index (χ3v) is 6.22. The van der Waals surface area contributed by atoms with Crippen molar-refractivity contribution < 1.29 is 13.2 Å². The zero-order valence-electron chi connectivity index (χ0n) is 12.4. The molecule has 1 aliphatic heterocycles. The van der Waals surface area contributed by atoms with Gasteiger partial charge in [-0.2, -0.15) is 0 Å². The van der Waals surface area contributed by atoms with Gasteiger partial charge in [-0.3, -0.25) is 0 Å². The molecule has 0 aliphatic carbocycles. The van der Waals surface area contributed by atoms with Crippen LogP contribution in [0.1, 0.15) is 39.5 Å². The highest BCUT2D eigenvalue weighted by Gasteiger charge is 2.36. The largest absolute Gasteiger partial charge is 0.375 e. The molecule has 4 nitrogen and oxygen atoms in total. The summed E-state index contributed by atoms with van der Waals surface area (Å²) in [5.41, 5.74) is -0.192. The van der Waals surface area contributed by atoms with Crippen molar-refractivity contribution in [1.29, 1.82) is 0 Å². The fourth-order valence-electron chi connectivity index (χ4n) is 2.79. The summed E-state index contributed by atoms with van der Waals surface area (Å²) in [6.45, 7) is 4.79. The Morgan fingerprint density at radius 3 is 2.71 bits per heavy atom. The van der Waals surface area contributed by atoms with Crippen molar-refractivity contribution in [2.75, 3.05) is 6.61 Å². The van der Waals surface area contributed by atoms with E-state index in [0.29, 0.717) is 11.5 Å². The van der Waals surface area contributed by atoms with Crippen LogP contribution in [0.15, 0.2) is 33.6 Å². The Bertz CT molecular complexity index is 584. The molecule has 1 fully saturated rings. The summed E-state index contributed by atoms with van der Waals surface area (Å²) in [6.07, 6.45) is 3.25. The maximum atomic E-state index is 12.5. The molecule has 0 radical (unpaired) electrons. The number of nitrogens with one attached hydrogen (secondary N) is 1. The topological polar surface area (TPSA) is 55.4 Å². The molecule has 21 heavy (non-hydrogen) atoms. The normalized spacial score (nSPS) is 22.1. The van der Waals surface area contributed by atoms with Gasteiger partial charge in [0.25, 0.3) is 0 Å². The molecule has 1 aromatic rings. The summed E-state index contributed by atoms with van der Waals surface area (Å²) in [5.74, 6) is 0.